The molecular weight excluding hydrogens is 471 g/mol. The van der Waals surface area contributed by atoms with Crippen molar-refractivity contribution in [1.82, 2.24) is 5.09 Å². The Morgan fingerprint density at radius 2 is 1.38 bits per heavy atom. The lowest BCUT2D eigenvalue weighted by Crippen LogP contribution is -2.35. The van der Waals surface area contributed by atoms with Crippen LogP contribution in [0.5, 0.6) is 0 Å². The van der Waals surface area contributed by atoms with Gasteiger partial charge in [-0.3, -0.25) is 19.8 Å². The average Bonchev–Trinajstić information content (AvgIpc) is 2.87. The molecule has 3 aromatic carbocycles. The molecule has 1 aliphatic rings. The van der Waals surface area contributed by atoms with Crippen molar-refractivity contribution in [2.45, 2.75) is 12.1 Å². The predicted octanol–water partition coefficient (Wildman–Crippen LogP) is 5.60. The average molecular weight is 495 g/mol. The highest BCUT2D eigenvalue weighted by atomic mass is 32.2. The van der Waals surface area contributed by atoms with E-state index in [4.69, 9.17) is 0 Å². The fourth-order valence-corrected chi connectivity index (χ4v) is 7.66. The van der Waals surface area contributed by atoms with Gasteiger partial charge in [-0.1, -0.05) is 72.4 Å². The number of aliphatic hydroxyl groups is 2. The Morgan fingerprint density at radius 1 is 0.882 bits per heavy atom. The molecule has 0 radical (unpaired) electrons. The standard InChI is InChI=1S/C25H23N2O5PS/c28-15-22(25(29)20-11-13-21(14-12-20)27(30)31)26-33(32)16-23(18-7-3-1-4-8-18)34-24(17-33)19-9-5-2-6-10-19/h1-14,16-17,22,25,28-29H,15H2,(H,26,32)/t22-,25-/m1/s1. The lowest BCUT2D eigenvalue weighted by Gasteiger charge is -2.28. The maximum absolute atomic E-state index is 14.1. The SMILES string of the molecule is O=[N+]([O-])c1ccc([C@@H](O)[C@@H](CO)NP2(=O)C=C(c3ccccc3)SC(c3ccccc3)=C2)cc1. The number of hydrogen-bond donors (Lipinski definition) is 3. The minimum Gasteiger partial charge on any atom is -0.395 e. The van der Waals surface area contributed by atoms with Crippen LogP contribution < -0.4 is 5.09 Å². The van der Waals surface area contributed by atoms with Gasteiger partial charge in [-0.05, 0) is 28.8 Å². The zero-order valence-corrected chi connectivity index (χ0v) is 19.7. The van der Waals surface area contributed by atoms with Crippen LogP contribution in [0, 0.1) is 10.1 Å². The fourth-order valence-electron chi connectivity index (χ4n) is 3.60. The molecule has 3 aromatic rings. The molecule has 0 aromatic heterocycles. The summed E-state index contributed by atoms with van der Waals surface area (Å²) >= 11 is 1.50. The monoisotopic (exact) mass is 494 g/mol. The van der Waals surface area contributed by atoms with Crippen LogP contribution in [0.2, 0.25) is 0 Å². The molecule has 0 fully saturated rings. The van der Waals surface area contributed by atoms with Gasteiger partial charge in [0.05, 0.1) is 23.7 Å². The summed E-state index contributed by atoms with van der Waals surface area (Å²) in [7, 11) is -3.35. The third-order valence-corrected chi connectivity index (χ3v) is 8.86. The molecule has 0 spiro atoms. The quantitative estimate of drug-likeness (QED) is 0.212. The summed E-state index contributed by atoms with van der Waals surface area (Å²) in [6, 6.07) is 23.7. The highest BCUT2D eigenvalue weighted by molar-refractivity contribution is 8.17. The van der Waals surface area contributed by atoms with Crippen LogP contribution in [0.25, 0.3) is 9.81 Å². The molecule has 0 amide bonds. The van der Waals surface area contributed by atoms with E-state index in [2.05, 4.69) is 5.09 Å². The number of nitrogens with zero attached hydrogens (tertiary/aromatic N) is 1. The third-order valence-electron chi connectivity index (χ3n) is 5.35. The van der Waals surface area contributed by atoms with Gasteiger partial charge in [0.15, 0.2) is 7.29 Å². The summed E-state index contributed by atoms with van der Waals surface area (Å²) in [5.74, 6) is 3.31. The summed E-state index contributed by atoms with van der Waals surface area (Å²) < 4.78 is 14.1. The molecule has 9 heteroatoms. The lowest BCUT2D eigenvalue weighted by molar-refractivity contribution is -0.384. The van der Waals surface area contributed by atoms with E-state index in [-0.39, 0.29) is 5.69 Å². The van der Waals surface area contributed by atoms with E-state index in [1.807, 2.05) is 60.7 Å². The molecule has 7 nitrogen and oxygen atoms in total. The van der Waals surface area contributed by atoms with E-state index in [0.29, 0.717) is 5.56 Å². The van der Waals surface area contributed by atoms with Crippen LogP contribution in [0.15, 0.2) is 96.6 Å². The molecule has 34 heavy (non-hydrogen) atoms. The van der Waals surface area contributed by atoms with E-state index < -0.39 is 31.0 Å². The molecule has 174 valence electrons. The summed E-state index contributed by atoms with van der Waals surface area (Å²) in [6.07, 6.45) is -1.23. The first kappa shape index (κ1) is 24.1. The largest absolute Gasteiger partial charge is 0.395 e. The predicted molar refractivity (Wildman–Crippen MR) is 136 cm³/mol. The molecule has 0 saturated carbocycles. The first-order valence-electron chi connectivity index (χ1n) is 10.5. The van der Waals surface area contributed by atoms with Crippen LogP contribution in [-0.4, -0.2) is 27.8 Å². The number of thioether (sulfide) groups is 1. The summed E-state index contributed by atoms with van der Waals surface area (Å²) in [6.45, 7) is -0.488. The highest BCUT2D eigenvalue weighted by Gasteiger charge is 2.31. The molecule has 1 heterocycles. The van der Waals surface area contributed by atoms with Crippen molar-refractivity contribution in [3.8, 4) is 0 Å². The molecule has 4 rings (SSSR count). The number of rotatable bonds is 8. The van der Waals surface area contributed by atoms with Gasteiger partial charge in [-0.15, -0.1) is 0 Å². The van der Waals surface area contributed by atoms with E-state index in [1.165, 1.54) is 36.0 Å². The van der Waals surface area contributed by atoms with Crippen LogP contribution >= 0.6 is 19.1 Å². The Kier molecular flexibility index (Phi) is 7.46. The summed E-state index contributed by atoms with van der Waals surface area (Å²) in [5.41, 5.74) is 2.09. The Labute approximate surface area is 201 Å². The normalized spacial score (nSPS) is 16.8. The van der Waals surface area contributed by atoms with Gasteiger partial charge in [0.1, 0.15) is 0 Å². The molecule has 1 aliphatic heterocycles. The molecule has 0 saturated heterocycles. The zero-order chi connectivity index (χ0) is 24.1. The van der Waals surface area contributed by atoms with Gasteiger partial charge >= 0.3 is 0 Å². The van der Waals surface area contributed by atoms with Crippen LogP contribution in [-0.2, 0) is 4.57 Å². The van der Waals surface area contributed by atoms with Crippen molar-refractivity contribution in [3.05, 3.63) is 123 Å². The second-order valence-electron chi connectivity index (χ2n) is 7.74. The van der Waals surface area contributed by atoms with Gasteiger partial charge in [0.2, 0.25) is 0 Å². The van der Waals surface area contributed by atoms with Gasteiger partial charge in [0, 0.05) is 33.6 Å². The first-order valence-corrected chi connectivity index (χ1v) is 13.2. The number of aliphatic hydroxyl groups excluding tert-OH is 2. The Hall–Kier alpha value is -3.00. The zero-order valence-electron chi connectivity index (χ0n) is 18.0. The van der Waals surface area contributed by atoms with E-state index in [1.54, 1.807) is 11.6 Å². The maximum Gasteiger partial charge on any atom is 0.269 e. The van der Waals surface area contributed by atoms with Crippen molar-refractivity contribution in [3.63, 3.8) is 0 Å². The topological polar surface area (TPSA) is 113 Å². The Bertz CT molecular complexity index is 1200. The molecular formula is C25H23N2O5PS. The van der Waals surface area contributed by atoms with Crippen LogP contribution in [0.3, 0.4) is 0 Å². The number of nitro benzene ring substituents is 1. The van der Waals surface area contributed by atoms with Crippen molar-refractivity contribution < 1.29 is 19.7 Å². The second kappa shape index (κ2) is 10.5. The van der Waals surface area contributed by atoms with Crippen molar-refractivity contribution in [2.24, 2.45) is 0 Å². The smallest absolute Gasteiger partial charge is 0.269 e. The van der Waals surface area contributed by atoms with Crippen LogP contribution in [0.1, 0.15) is 22.8 Å². The van der Waals surface area contributed by atoms with Crippen molar-refractivity contribution in [2.75, 3.05) is 6.61 Å². The summed E-state index contributed by atoms with van der Waals surface area (Å²) in [4.78, 5) is 12.0. The Morgan fingerprint density at radius 3 is 1.82 bits per heavy atom. The van der Waals surface area contributed by atoms with Gasteiger partial charge in [-0.25, -0.2) is 0 Å². The molecule has 3 N–H and O–H groups in total. The maximum atomic E-state index is 14.1. The van der Waals surface area contributed by atoms with E-state index in [9.17, 15) is 24.9 Å². The highest BCUT2D eigenvalue weighted by Crippen LogP contribution is 2.59. The number of nitro groups is 1. The minimum absolute atomic E-state index is 0.104. The lowest BCUT2D eigenvalue weighted by atomic mass is 10.0. The van der Waals surface area contributed by atoms with Crippen molar-refractivity contribution >= 4 is 34.6 Å². The van der Waals surface area contributed by atoms with Crippen LogP contribution in [0.4, 0.5) is 5.69 Å². The molecule has 2 atom stereocenters. The summed E-state index contributed by atoms with van der Waals surface area (Å²) in [5, 5.41) is 34.8. The van der Waals surface area contributed by atoms with Crippen molar-refractivity contribution in [1.29, 1.82) is 0 Å². The number of hydrogen-bond acceptors (Lipinski definition) is 6. The first-order chi connectivity index (χ1) is 16.4. The molecule has 0 unspecified atom stereocenters. The number of non-ortho nitro benzene ring substituents is 1. The molecule has 0 aliphatic carbocycles. The Balaban J connectivity index is 1.67. The second-order valence-corrected chi connectivity index (χ2v) is 11.0. The van der Waals surface area contributed by atoms with Gasteiger partial charge in [-0.2, -0.15) is 0 Å². The minimum atomic E-state index is -3.35. The van der Waals surface area contributed by atoms with Gasteiger partial charge in [0.25, 0.3) is 5.69 Å². The fraction of sp³-hybridized carbons (Fsp3) is 0.120. The number of nitrogens with one attached hydrogen (secondary N) is 1. The third kappa shape index (κ3) is 5.55. The van der Waals surface area contributed by atoms with Gasteiger partial charge < -0.3 is 10.2 Å². The molecule has 0 bridgehead atoms. The van der Waals surface area contributed by atoms with E-state index in [0.717, 1.165) is 20.9 Å². The van der Waals surface area contributed by atoms with E-state index >= 15 is 0 Å². The number of benzene rings is 3.